The maximum absolute atomic E-state index is 11.7. The van der Waals surface area contributed by atoms with Crippen molar-refractivity contribution in [1.29, 1.82) is 0 Å². The van der Waals surface area contributed by atoms with E-state index < -0.39 is 0 Å². The Morgan fingerprint density at radius 1 is 1.29 bits per heavy atom. The minimum absolute atomic E-state index is 0.0889. The highest BCUT2D eigenvalue weighted by molar-refractivity contribution is 7.17. The normalized spacial score (nSPS) is 11.5. The van der Waals surface area contributed by atoms with Crippen molar-refractivity contribution in [3.63, 3.8) is 0 Å². The monoisotopic (exact) mass is 261 g/mol. The predicted molar refractivity (Wildman–Crippen MR) is 71.3 cm³/mol. The van der Waals surface area contributed by atoms with E-state index in [1.54, 1.807) is 17.8 Å². The molecule has 17 heavy (non-hydrogen) atoms. The lowest BCUT2D eigenvalue weighted by molar-refractivity contribution is 1.15. The number of nitrogens with zero attached hydrogens (tertiary/aromatic N) is 2. The van der Waals surface area contributed by atoms with Crippen molar-refractivity contribution in [2.45, 2.75) is 0 Å². The van der Waals surface area contributed by atoms with Gasteiger partial charge in [0.05, 0.1) is 11.0 Å². The van der Waals surface area contributed by atoms with Gasteiger partial charge < -0.3 is 4.98 Å². The van der Waals surface area contributed by atoms with Gasteiger partial charge in [-0.2, -0.15) is 0 Å². The van der Waals surface area contributed by atoms with Gasteiger partial charge in [0.2, 0.25) is 0 Å². The summed E-state index contributed by atoms with van der Waals surface area (Å²) in [7, 11) is 0. The smallest absolute Gasteiger partial charge is 0.269 e. The second kappa shape index (κ2) is 4.23. The number of aromatic nitrogens is 3. The fourth-order valence-electron chi connectivity index (χ4n) is 1.44. The molecule has 0 aliphatic carbocycles. The van der Waals surface area contributed by atoms with Gasteiger partial charge in [-0.1, -0.05) is 0 Å². The highest BCUT2D eigenvalue weighted by Gasteiger charge is 2.02. The molecule has 0 radical (unpaired) electrons. The molecule has 6 heteroatoms. The molecule has 0 aliphatic rings. The number of H-pyrrole nitrogens is 1. The summed E-state index contributed by atoms with van der Waals surface area (Å²) in [6.07, 6.45) is 5.43. The van der Waals surface area contributed by atoms with Gasteiger partial charge in [0.25, 0.3) is 5.56 Å². The average molecular weight is 261 g/mol. The molecule has 0 saturated heterocycles. The predicted octanol–water partition coefficient (Wildman–Crippen LogP) is 2.61. The van der Waals surface area contributed by atoms with E-state index >= 15 is 0 Å². The molecule has 0 saturated carbocycles. The minimum atomic E-state index is -0.0889. The number of hydrogen-bond donors (Lipinski definition) is 1. The van der Waals surface area contributed by atoms with E-state index in [0.29, 0.717) is 10.5 Å². The van der Waals surface area contributed by atoms with Gasteiger partial charge in [0.1, 0.15) is 10.5 Å². The lowest BCUT2D eigenvalue weighted by atomic mass is 10.4. The average Bonchev–Trinajstić information content (AvgIpc) is 2.97. The van der Waals surface area contributed by atoms with E-state index in [1.807, 2.05) is 17.5 Å². The third-order valence-electron chi connectivity index (χ3n) is 2.19. The van der Waals surface area contributed by atoms with Gasteiger partial charge in [-0.15, -0.1) is 22.7 Å². The molecule has 1 N–H and O–H groups in total. The van der Waals surface area contributed by atoms with Crippen molar-refractivity contribution in [3.05, 3.63) is 44.2 Å². The Labute approximate surface area is 104 Å². The summed E-state index contributed by atoms with van der Waals surface area (Å²) in [5, 5.41) is 1.86. The van der Waals surface area contributed by atoms with Crippen LogP contribution < -0.4 is 5.56 Å². The molecule has 0 atom stereocenters. The zero-order valence-corrected chi connectivity index (χ0v) is 10.2. The highest BCUT2D eigenvalue weighted by atomic mass is 32.1. The molecule has 0 aromatic carbocycles. The van der Waals surface area contributed by atoms with Gasteiger partial charge in [-0.3, -0.25) is 9.78 Å². The SMILES string of the molecule is O=c1[nH]c(/C=C/c2cncs2)nc2ccsc12. The zero-order valence-electron chi connectivity index (χ0n) is 8.58. The molecule has 0 unspecified atom stereocenters. The van der Waals surface area contributed by atoms with E-state index in [1.165, 1.54) is 22.7 Å². The van der Waals surface area contributed by atoms with Crippen LogP contribution in [0.25, 0.3) is 22.4 Å². The standard InChI is InChI=1S/C11H7N3OS2/c15-11-10-8(3-4-16-10)13-9(14-11)2-1-7-5-12-6-17-7/h1-6H,(H,13,14,15)/b2-1+. The molecule has 0 amide bonds. The summed E-state index contributed by atoms with van der Waals surface area (Å²) >= 11 is 2.94. The van der Waals surface area contributed by atoms with E-state index in [0.717, 1.165) is 10.4 Å². The number of thiophene rings is 1. The molecule has 3 aromatic rings. The Morgan fingerprint density at radius 3 is 3.06 bits per heavy atom. The molecule has 3 heterocycles. The first kappa shape index (κ1) is 10.4. The first-order valence-corrected chi connectivity index (χ1v) is 6.63. The maximum atomic E-state index is 11.7. The van der Waals surface area contributed by atoms with E-state index in [4.69, 9.17) is 0 Å². The third kappa shape index (κ3) is 2.04. The molecular formula is C11H7N3OS2. The minimum Gasteiger partial charge on any atom is -0.306 e. The van der Waals surface area contributed by atoms with Gasteiger partial charge in [0.15, 0.2) is 0 Å². The summed E-state index contributed by atoms with van der Waals surface area (Å²) < 4.78 is 0.667. The fraction of sp³-hybridized carbons (Fsp3) is 0. The number of aromatic amines is 1. The van der Waals surface area contributed by atoms with Crippen LogP contribution in [0.15, 0.2) is 27.9 Å². The zero-order chi connectivity index (χ0) is 11.7. The number of nitrogens with one attached hydrogen (secondary N) is 1. The van der Waals surface area contributed by atoms with Crippen LogP contribution >= 0.6 is 22.7 Å². The van der Waals surface area contributed by atoms with Crippen molar-refractivity contribution in [1.82, 2.24) is 15.0 Å². The quantitative estimate of drug-likeness (QED) is 0.771. The fourth-order valence-corrected chi connectivity index (χ4v) is 2.68. The second-order valence-corrected chi connectivity index (χ2v) is 5.16. The summed E-state index contributed by atoms with van der Waals surface area (Å²) in [5.41, 5.74) is 2.41. The molecule has 0 spiro atoms. The number of rotatable bonds is 2. The Kier molecular flexibility index (Phi) is 2.58. The lowest BCUT2D eigenvalue weighted by Crippen LogP contribution is -2.07. The Bertz CT molecular complexity index is 725. The summed E-state index contributed by atoms with van der Waals surface area (Å²) in [6.45, 7) is 0. The van der Waals surface area contributed by atoms with Crippen LogP contribution in [0.4, 0.5) is 0 Å². The molecular weight excluding hydrogens is 254 g/mol. The molecule has 0 bridgehead atoms. The molecule has 84 valence electrons. The lowest BCUT2D eigenvalue weighted by Gasteiger charge is -1.93. The van der Waals surface area contributed by atoms with Crippen molar-refractivity contribution in [2.24, 2.45) is 0 Å². The Morgan fingerprint density at radius 2 is 2.24 bits per heavy atom. The van der Waals surface area contributed by atoms with Crippen molar-refractivity contribution in [3.8, 4) is 0 Å². The summed E-state index contributed by atoms with van der Waals surface area (Å²) in [5.74, 6) is 0.564. The van der Waals surface area contributed by atoms with Crippen LogP contribution in [-0.4, -0.2) is 15.0 Å². The molecule has 0 fully saturated rings. The maximum Gasteiger partial charge on any atom is 0.269 e. The summed E-state index contributed by atoms with van der Waals surface area (Å²) in [4.78, 5) is 23.8. The Hall–Kier alpha value is -1.79. The van der Waals surface area contributed by atoms with Gasteiger partial charge in [-0.05, 0) is 23.6 Å². The van der Waals surface area contributed by atoms with Crippen LogP contribution in [0, 0.1) is 0 Å². The molecule has 4 nitrogen and oxygen atoms in total. The van der Waals surface area contributed by atoms with Crippen LogP contribution in [0.5, 0.6) is 0 Å². The first-order chi connectivity index (χ1) is 8.33. The van der Waals surface area contributed by atoms with Crippen LogP contribution in [0.2, 0.25) is 0 Å². The van der Waals surface area contributed by atoms with Crippen molar-refractivity contribution in [2.75, 3.05) is 0 Å². The van der Waals surface area contributed by atoms with Crippen molar-refractivity contribution >= 4 is 45.0 Å². The molecule has 0 aliphatic heterocycles. The number of hydrogen-bond acceptors (Lipinski definition) is 5. The third-order valence-corrected chi connectivity index (χ3v) is 3.83. The van der Waals surface area contributed by atoms with E-state index in [-0.39, 0.29) is 5.56 Å². The molecule has 3 rings (SSSR count). The van der Waals surface area contributed by atoms with Gasteiger partial charge >= 0.3 is 0 Å². The second-order valence-electron chi connectivity index (χ2n) is 3.32. The van der Waals surface area contributed by atoms with Crippen LogP contribution in [-0.2, 0) is 0 Å². The van der Waals surface area contributed by atoms with Gasteiger partial charge in [0, 0.05) is 11.1 Å². The largest absolute Gasteiger partial charge is 0.306 e. The number of fused-ring (bicyclic) bond motifs is 1. The highest BCUT2D eigenvalue weighted by Crippen LogP contribution is 2.15. The van der Waals surface area contributed by atoms with E-state index in [9.17, 15) is 4.79 Å². The van der Waals surface area contributed by atoms with Crippen molar-refractivity contribution < 1.29 is 0 Å². The number of thiazole rings is 1. The van der Waals surface area contributed by atoms with Crippen LogP contribution in [0.3, 0.4) is 0 Å². The Balaban J connectivity index is 2.03. The summed E-state index contributed by atoms with van der Waals surface area (Å²) in [6, 6.07) is 1.85. The topological polar surface area (TPSA) is 58.6 Å². The first-order valence-electron chi connectivity index (χ1n) is 4.87. The molecule has 3 aromatic heterocycles. The van der Waals surface area contributed by atoms with Gasteiger partial charge in [-0.25, -0.2) is 4.98 Å². The van der Waals surface area contributed by atoms with E-state index in [2.05, 4.69) is 15.0 Å². The van der Waals surface area contributed by atoms with Crippen LogP contribution in [0.1, 0.15) is 10.7 Å².